The number of nitrogens with zero attached hydrogens (tertiary/aromatic N) is 1. The average Bonchev–Trinajstić information content (AvgIpc) is 2.37. The number of nitrogens with two attached hydrogens (primary N) is 1. The second-order valence-electron chi connectivity index (χ2n) is 6.69. The maximum atomic E-state index is 6.36. The zero-order chi connectivity index (χ0) is 15.1. The summed E-state index contributed by atoms with van der Waals surface area (Å²) in [5.74, 6) is 1.40. The van der Waals surface area contributed by atoms with E-state index in [9.17, 15) is 0 Å². The largest absolute Gasteiger partial charge is 0.323 e. The van der Waals surface area contributed by atoms with Crippen LogP contribution in [0.5, 0.6) is 0 Å². The average molecular weight is 276 g/mol. The molecule has 0 aliphatic heterocycles. The molecule has 0 spiro atoms. The van der Waals surface area contributed by atoms with Crippen LogP contribution in [0.2, 0.25) is 0 Å². The first kappa shape index (κ1) is 17.2. The van der Waals surface area contributed by atoms with Crippen LogP contribution in [-0.2, 0) is 6.42 Å². The lowest BCUT2D eigenvalue weighted by Crippen LogP contribution is -2.34. The highest BCUT2D eigenvalue weighted by molar-refractivity contribution is 5.25. The van der Waals surface area contributed by atoms with Crippen molar-refractivity contribution < 1.29 is 0 Å². The van der Waals surface area contributed by atoms with Crippen molar-refractivity contribution in [3.05, 3.63) is 35.4 Å². The van der Waals surface area contributed by atoms with Crippen LogP contribution in [-0.4, -0.2) is 24.5 Å². The van der Waals surface area contributed by atoms with Crippen molar-refractivity contribution in [2.75, 3.05) is 19.6 Å². The molecule has 1 aromatic carbocycles. The van der Waals surface area contributed by atoms with E-state index >= 15 is 0 Å². The van der Waals surface area contributed by atoms with Gasteiger partial charge < -0.3 is 10.6 Å². The van der Waals surface area contributed by atoms with Gasteiger partial charge in [0.1, 0.15) is 0 Å². The summed E-state index contributed by atoms with van der Waals surface area (Å²) in [6, 6.07) is 8.97. The topological polar surface area (TPSA) is 29.3 Å². The second-order valence-corrected chi connectivity index (χ2v) is 6.69. The van der Waals surface area contributed by atoms with Crippen molar-refractivity contribution >= 4 is 0 Å². The lowest BCUT2D eigenvalue weighted by atomic mass is 9.99. The second kappa shape index (κ2) is 8.43. The van der Waals surface area contributed by atoms with Gasteiger partial charge in [0.05, 0.1) is 0 Å². The molecule has 0 aliphatic carbocycles. The summed E-state index contributed by atoms with van der Waals surface area (Å²) in [5.41, 5.74) is 9.01. The molecule has 0 radical (unpaired) electrons. The molecule has 0 saturated heterocycles. The molecule has 0 saturated carbocycles. The van der Waals surface area contributed by atoms with Crippen molar-refractivity contribution in [3.8, 4) is 0 Å². The lowest BCUT2D eigenvalue weighted by Gasteiger charge is -2.26. The molecular weight excluding hydrogens is 244 g/mol. The number of hydrogen-bond donors (Lipinski definition) is 1. The predicted molar refractivity (Wildman–Crippen MR) is 88.9 cm³/mol. The SMILES string of the molecule is CCN(CC(C)C)CC(N)c1ccc(CC(C)C)cc1. The monoisotopic (exact) mass is 276 g/mol. The fourth-order valence-electron chi connectivity index (χ4n) is 2.61. The molecule has 2 N–H and O–H groups in total. The molecule has 1 unspecified atom stereocenters. The lowest BCUT2D eigenvalue weighted by molar-refractivity contribution is 0.242. The summed E-state index contributed by atoms with van der Waals surface area (Å²) in [4.78, 5) is 2.44. The van der Waals surface area contributed by atoms with Crippen molar-refractivity contribution in [1.29, 1.82) is 0 Å². The third-order valence-electron chi connectivity index (χ3n) is 3.58. The Bertz CT molecular complexity index is 368. The van der Waals surface area contributed by atoms with E-state index in [0.29, 0.717) is 11.8 Å². The number of hydrogen-bond acceptors (Lipinski definition) is 2. The van der Waals surface area contributed by atoms with Crippen molar-refractivity contribution in [1.82, 2.24) is 4.90 Å². The normalized spacial score (nSPS) is 13.4. The predicted octanol–water partition coefficient (Wildman–Crippen LogP) is 3.86. The van der Waals surface area contributed by atoms with Crippen LogP contribution >= 0.6 is 0 Å². The quantitative estimate of drug-likeness (QED) is 0.781. The molecule has 1 atom stereocenters. The van der Waals surface area contributed by atoms with Gasteiger partial charge in [-0.1, -0.05) is 58.9 Å². The zero-order valence-corrected chi connectivity index (χ0v) is 13.9. The van der Waals surface area contributed by atoms with Crippen molar-refractivity contribution in [3.63, 3.8) is 0 Å². The molecular formula is C18H32N2. The van der Waals surface area contributed by atoms with Gasteiger partial charge in [0.15, 0.2) is 0 Å². The summed E-state index contributed by atoms with van der Waals surface area (Å²) in [7, 11) is 0. The Hall–Kier alpha value is -0.860. The van der Waals surface area contributed by atoms with Gasteiger partial charge in [0.2, 0.25) is 0 Å². The maximum absolute atomic E-state index is 6.36. The Morgan fingerprint density at radius 1 is 0.950 bits per heavy atom. The number of benzene rings is 1. The molecule has 2 nitrogen and oxygen atoms in total. The van der Waals surface area contributed by atoms with Crippen molar-refractivity contribution in [2.45, 2.75) is 47.1 Å². The highest BCUT2D eigenvalue weighted by Crippen LogP contribution is 2.16. The molecule has 2 heteroatoms. The highest BCUT2D eigenvalue weighted by Gasteiger charge is 2.12. The van der Waals surface area contributed by atoms with Gasteiger partial charge in [-0.05, 0) is 35.9 Å². The molecule has 0 bridgehead atoms. The molecule has 0 heterocycles. The minimum absolute atomic E-state index is 0.113. The molecule has 1 aromatic rings. The highest BCUT2D eigenvalue weighted by atomic mass is 15.1. The molecule has 20 heavy (non-hydrogen) atoms. The standard InChI is InChI=1S/C18H32N2/c1-6-20(12-15(4)5)13-18(19)17-9-7-16(8-10-17)11-14(2)3/h7-10,14-15,18H,6,11-13,19H2,1-5H3. The van der Waals surface area contributed by atoms with E-state index in [1.165, 1.54) is 11.1 Å². The van der Waals surface area contributed by atoms with Crippen LogP contribution in [0.3, 0.4) is 0 Å². The fourth-order valence-corrected chi connectivity index (χ4v) is 2.61. The van der Waals surface area contributed by atoms with E-state index in [1.807, 2.05) is 0 Å². The summed E-state index contributed by atoms with van der Waals surface area (Å²) in [6.45, 7) is 14.4. The molecule has 0 aliphatic rings. The van der Waals surface area contributed by atoms with Gasteiger partial charge in [-0.2, -0.15) is 0 Å². The Morgan fingerprint density at radius 2 is 1.55 bits per heavy atom. The van der Waals surface area contributed by atoms with Gasteiger partial charge in [0.25, 0.3) is 0 Å². The van der Waals surface area contributed by atoms with E-state index < -0.39 is 0 Å². The van der Waals surface area contributed by atoms with E-state index in [2.05, 4.69) is 63.8 Å². The zero-order valence-electron chi connectivity index (χ0n) is 13.9. The summed E-state index contributed by atoms with van der Waals surface area (Å²) in [6.07, 6.45) is 1.14. The fraction of sp³-hybridized carbons (Fsp3) is 0.667. The minimum Gasteiger partial charge on any atom is -0.323 e. The van der Waals surface area contributed by atoms with Crippen LogP contribution in [0, 0.1) is 11.8 Å². The van der Waals surface area contributed by atoms with E-state index in [-0.39, 0.29) is 6.04 Å². The van der Waals surface area contributed by atoms with Crippen LogP contribution in [0.1, 0.15) is 51.8 Å². The van der Waals surface area contributed by atoms with E-state index in [1.54, 1.807) is 0 Å². The molecule has 114 valence electrons. The summed E-state index contributed by atoms with van der Waals surface area (Å²) in [5, 5.41) is 0. The van der Waals surface area contributed by atoms with Crippen molar-refractivity contribution in [2.24, 2.45) is 17.6 Å². The van der Waals surface area contributed by atoms with Crippen LogP contribution in [0.4, 0.5) is 0 Å². The van der Waals surface area contributed by atoms with E-state index in [0.717, 1.165) is 26.1 Å². The van der Waals surface area contributed by atoms with E-state index in [4.69, 9.17) is 5.73 Å². The summed E-state index contributed by atoms with van der Waals surface area (Å²) >= 11 is 0. The first-order valence-electron chi connectivity index (χ1n) is 7.99. The Balaban J connectivity index is 2.60. The third kappa shape index (κ3) is 6.06. The Kier molecular flexibility index (Phi) is 7.25. The molecule has 1 rings (SSSR count). The van der Waals surface area contributed by atoms with Gasteiger partial charge in [-0.3, -0.25) is 0 Å². The third-order valence-corrected chi connectivity index (χ3v) is 3.58. The first-order valence-corrected chi connectivity index (χ1v) is 7.99. The summed E-state index contributed by atoms with van der Waals surface area (Å²) < 4.78 is 0. The smallest absolute Gasteiger partial charge is 0.0424 e. The molecule has 0 aromatic heterocycles. The molecule has 0 fully saturated rings. The number of rotatable bonds is 8. The number of likely N-dealkylation sites (N-methyl/N-ethyl adjacent to an activating group) is 1. The minimum atomic E-state index is 0.113. The van der Waals surface area contributed by atoms with Gasteiger partial charge in [-0.15, -0.1) is 0 Å². The molecule has 0 amide bonds. The van der Waals surface area contributed by atoms with Crippen LogP contribution in [0.25, 0.3) is 0 Å². The van der Waals surface area contributed by atoms with Crippen LogP contribution in [0.15, 0.2) is 24.3 Å². The maximum Gasteiger partial charge on any atom is 0.0424 e. The Morgan fingerprint density at radius 3 is 2.00 bits per heavy atom. The van der Waals surface area contributed by atoms with Gasteiger partial charge >= 0.3 is 0 Å². The Labute approximate surface area is 125 Å². The van der Waals surface area contributed by atoms with Gasteiger partial charge in [-0.25, -0.2) is 0 Å². The first-order chi connectivity index (χ1) is 9.42. The van der Waals surface area contributed by atoms with Gasteiger partial charge in [0, 0.05) is 19.1 Å². The van der Waals surface area contributed by atoms with Crippen LogP contribution < -0.4 is 5.73 Å².